The van der Waals surface area contributed by atoms with Crippen molar-refractivity contribution in [3.8, 4) is 17.0 Å². The van der Waals surface area contributed by atoms with Gasteiger partial charge in [0.2, 0.25) is 0 Å². The van der Waals surface area contributed by atoms with E-state index in [4.69, 9.17) is 8.48 Å². The number of alkyl halides is 1. The highest BCUT2D eigenvalue weighted by atomic mass is 19.1. The Labute approximate surface area is 336 Å². The maximum Gasteiger partial charge on any atom is 0.253 e. The van der Waals surface area contributed by atoms with E-state index >= 15 is 4.39 Å². The number of hydrogen-bond acceptors (Lipinski definition) is 9. The molecule has 3 saturated heterocycles. The van der Waals surface area contributed by atoms with Gasteiger partial charge in [-0.1, -0.05) is 30.3 Å². The molecule has 4 aliphatic heterocycles. The summed E-state index contributed by atoms with van der Waals surface area (Å²) in [4.78, 5) is 21.7. The largest absolute Gasteiger partial charge is 0.507 e. The number of carbonyl (C=O) groups is 1. The van der Waals surface area contributed by atoms with Gasteiger partial charge >= 0.3 is 0 Å². The first-order valence-electron chi connectivity index (χ1n) is 21.4. The molecule has 57 heavy (non-hydrogen) atoms. The SMILES string of the molecule is [2H]C1C=CN(c2ccc3c(ccn3C3CCN(CC4(F)CCN(C(=O)c5ccc(C6CCCN(c7cc(-c8ccccc8O)nnc7N)C6)cc5)CC4)CC3)c2)[C@@H]([2H])N1. The highest BCUT2D eigenvalue weighted by molar-refractivity contribution is 5.94. The zero-order chi connectivity index (χ0) is 40.7. The maximum atomic E-state index is 16.3. The molecule has 296 valence electrons. The number of carbonyl (C=O) groups excluding carboxylic acids is 1. The number of amides is 1. The Balaban J connectivity index is 0.762. The lowest BCUT2D eigenvalue weighted by molar-refractivity contribution is 0.0158. The molecular formula is C45H52FN9O2. The van der Waals surface area contributed by atoms with E-state index in [1.807, 2.05) is 41.3 Å². The molecule has 0 radical (unpaired) electrons. The fourth-order valence-electron chi connectivity index (χ4n) is 9.19. The van der Waals surface area contributed by atoms with E-state index in [1.165, 1.54) is 0 Å². The molecule has 9 rings (SSSR count). The van der Waals surface area contributed by atoms with Gasteiger partial charge in [-0.15, -0.1) is 10.2 Å². The summed E-state index contributed by atoms with van der Waals surface area (Å²) in [5.74, 6) is 0.690. The van der Waals surface area contributed by atoms with Crippen LogP contribution in [0.15, 0.2) is 97.3 Å². The number of para-hydroxylation sites is 1. The Bertz CT molecular complexity index is 2320. The van der Waals surface area contributed by atoms with E-state index in [0.717, 1.165) is 79.7 Å². The van der Waals surface area contributed by atoms with Crippen LogP contribution in [0.25, 0.3) is 22.2 Å². The van der Waals surface area contributed by atoms with Crippen LogP contribution >= 0.6 is 0 Å². The first-order valence-corrected chi connectivity index (χ1v) is 20.3. The number of piperidine rings is 3. The number of nitrogens with zero attached hydrogens (tertiary/aromatic N) is 7. The molecule has 12 heteroatoms. The molecule has 3 fully saturated rings. The second kappa shape index (κ2) is 15.8. The molecule has 3 atom stereocenters. The number of aromatic hydroxyl groups is 1. The van der Waals surface area contributed by atoms with Gasteiger partial charge in [-0.3, -0.25) is 10.1 Å². The molecular weight excluding hydrogens is 718 g/mol. The summed E-state index contributed by atoms with van der Waals surface area (Å²) in [6.45, 7) is 3.16. The van der Waals surface area contributed by atoms with E-state index < -0.39 is 18.8 Å². The van der Waals surface area contributed by atoms with E-state index in [1.54, 1.807) is 29.3 Å². The van der Waals surface area contributed by atoms with Crippen molar-refractivity contribution in [1.29, 1.82) is 0 Å². The Morgan fingerprint density at radius 2 is 1.77 bits per heavy atom. The van der Waals surface area contributed by atoms with Crippen molar-refractivity contribution in [1.82, 2.24) is 29.9 Å². The molecule has 3 aromatic carbocycles. The number of benzene rings is 3. The normalized spacial score (nSPS) is 23.7. The molecule has 0 spiro atoms. The predicted molar refractivity (Wildman–Crippen MR) is 224 cm³/mol. The van der Waals surface area contributed by atoms with Crippen molar-refractivity contribution in [2.24, 2.45) is 0 Å². The van der Waals surface area contributed by atoms with Crippen LogP contribution in [0.1, 0.15) is 69.1 Å². The third-order valence-electron chi connectivity index (χ3n) is 12.4. The number of nitrogens with one attached hydrogen (secondary N) is 1. The van der Waals surface area contributed by atoms with Crippen LogP contribution in [-0.2, 0) is 0 Å². The molecule has 0 saturated carbocycles. The molecule has 2 unspecified atom stereocenters. The lowest BCUT2D eigenvalue weighted by atomic mass is 9.89. The summed E-state index contributed by atoms with van der Waals surface area (Å²) >= 11 is 0. The monoisotopic (exact) mass is 771 g/mol. The van der Waals surface area contributed by atoms with Crippen LogP contribution in [0.2, 0.25) is 0 Å². The van der Waals surface area contributed by atoms with Gasteiger partial charge < -0.3 is 35.0 Å². The lowest BCUT2D eigenvalue weighted by Crippen LogP contribution is -2.51. The van der Waals surface area contributed by atoms with Crippen LogP contribution in [0.3, 0.4) is 0 Å². The van der Waals surface area contributed by atoms with Gasteiger partial charge in [-0.25, -0.2) is 4.39 Å². The van der Waals surface area contributed by atoms with Crippen LogP contribution in [0.5, 0.6) is 5.75 Å². The number of likely N-dealkylation sites (tertiary alicyclic amines) is 2. The zero-order valence-corrected chi connectivity index (χ0v) is 32.2. The fourth-order valence-corrected chi connectivity index (χ4v) is 9.19. The Morgan fingerprint density at radius 3 is 2.56 bits per heavy atom. The summed E-state index contributed by atoms with van der Waals surface area (Å²) < 4.78 is 34.8. The minimum Gasteiger partial charge on any atom is -0.507 e. The second-order valence-corrected chi connectivity index (χ2v) is 16.1. The third-order valence-corrected chi connectivity index (χ3v) is 12.4. The lowest BCUT2D eigenvalue weighted by Gasteiger charge is -2.41. The molecule has 5 aromatic rings. The number of rotatable bonds is 8. The van der Waals surface area contributed by atoms with Crippen molar-refractivity contribution in [3.05, 3.63) is 108 Å². The number of aromatic nitrogens is 3. The van der Waals surface area contributed by atoms with E-state index in [2.05, 4.69) is 66.4 Å². The summed E-state index contributed by atoms with van der Waals surface area (Å²) in [6.07, 6.45) is 10.2. The molecule has 4 N–H and O–H groups in total. The topological polar surface area (TPSA) is 119 Å². The Morgan fingerprint density at radius 1 is 0.965 bits per heavy atom. The molecule has 2 aromatic heterocycles. The van der Waals surface area contributed by atoms with E-state index in [-0.39, 0.29) is 17.6 Å². The van der Waals surface area contributed by atoms with Gasteiger partial charge in [0.15, 0.2) is 5.82 Å². The van der Waals surface area contributed by atoms with Crippen molar-refractivity contribution in [3.63, 3.8) is 0 Å². The van der Waals surface area contributed by atoms with Gasteiger partial charge in [-0.05, 0) is 85.8 Å². The summed E-state index contributed by atoms with van der Waals surface area (Å²) in [7, 11) is 0. The average Bonchev–Trinajstić information content (AvgIpc) is 3.68. The molecule has 0 bridgehead atoms. The number of phenolic OH excluding ortho intramolecular Hbond substituents is 1. The van der Waals surface area contributed by atoms with E-state index in [9.17, 15) is 9.90 Å². The number of fused-ring (bicyclic) bond motifs is 1. The van der Waals surface area contributed by atoms with Crippen LogP contribution < -0.4 is 20.9 Å². The number of nitrogen functional groups attached to an aromatic ring is 1. The first-order chi connectivity index (χ1) is 28.6. The van der Waals surface area contributed by atoms with E-state index in [0.29, 0.717) is 61.2 Å². The maximum absolute atomic E-state index is 16.3. The zero-order valence-electron chi connectivity index (χ0n) is 34.2. The van der Waals surface area contributed by atoms with Crippen molar-refractivity contribution in [2.45, 2.75) is 56.2 Å². The Kier molecular flexibility index (Phi) is 9.65. The number of anilines is 3. The number of nitrogens with two attached hydrogens (primary N) is 1. The minimum absolute atomic E-state index is 0.0480. The molecule has 1 amide bonds. The van der Waals surface area contributed by atoms with Gasteiger partial charge in [0.05, 0.1) is 19.4 Å². The molecule has 6 heterocycles. The molecule has 4 aliphatic rings. The van der Waals surface area contributed by atoms with Crippen molar-refractivity contribution < 1.29 is 17.0 Å². The number of phenols is 1. The van der Waals surface area contributed by atoms with Gasteiger partial charge in [0.1, 0.15) is 11.4 Å². The second-order valence-electron chi connectivity index (χ2n) is 16.1. The third kappa shape index (κ3) is 7.80. The number of hydrogen-bond donors (Lipinski definition) is 3. The first kappa shape index (κ1) is 34.8. The highest BCUT2D eigenvalue weighted by Gasteiger charge is 2.38. The van der Waals surface area contributed by atoms with Gasteiger partial charge in [-0.2, -0.15) is 0 Å². The quantitative estimate of drug-likeness (QED) is 0.154. The smallest absolute Gasteiger partial charge is 0.253 e. The average molecular weight is 772 g/mol. The van der Waals surface area contributed by atoms with Crippen molar-refractivity contribution in [2.75, 3.05) is 74.5 Å². The Hall–Kier alpha value is -5.46. The van der Waals surface area contributed by atoms with Gasteiger partial charge in [0.25, 0.3) is 5.91 Å². The standard InChI is InChI=1S/C45H52FN9O2/c46-45(30-51-22-15-36(16-23-51)55-24-14-34-27-37(12-13-40(34)55)54-21-4-19-48-31-54)17-25-52(26-18-45)44(57)33-10-8-32(9-11-33)35-5-3-20-53(29-35)41-28-39(49-50-43(41)47)38-6-1-2-7-42(38)56/h1-2,4,6-14,21,24,27-28,35-36,48,56H,3,5,15-20,22-23,25-26,29-31H2,(H2,47,50)/i19D,31D/t19?,31-,35?/m0/s1. The number of halogens is 1. The summed E-state index contributed by atoms with van der Waals surface area (Å²) in [5, 5.41) is 22.9. The van der Waals surface area contributed by atoms with Gasteiger partial charge in [0, 0.05) is 119 Å². The summed E-state index contributed by atoms with van der Waals surface area (Å²) in [6, 6.07) is 25.6. The fraction of sp³-hybridized carbons (Fsp3) is 0.400. The summed E-state index contributed by atoms with van der Waals surface area (Å²) in [5.41, 5.74) is 10.8. The highest BCUT2D eigenvalue weighted by Crippen LogP contribution is 2.37. The minimum atomic E-state index is -1.32. The predicted octanol–water partition coefficient (Wildman–Crippen LogP) is 6.93. The molecule has 0 aliphatic carbocycles. The molecule has 11 nitrogen and oxygen atoms in total. The van der Waals surface area contributed by atoms with Crippen LogP contribution in [-0.4, -0.2) is 100 Å². The van der Waals surface area contributed by atoms with Crippen LogP contribution in [0.4, 0.5) is 21.6 Å². The van der Waals surface area contributed by atoms with Crippen LogP contribution in [0, 0.1) is 0 Å². The van der Waals surface area contributed by atoms with Crippen molar-refractivity contribution >= 4 is 34.0 Å².